The number of fused-ring (bicyclic) bond motifs is 1. The highest BCUT2D eigenvalue weighted by Crippen LogP contribution is 2.17. The van der Waals surface area contributed by atoms with Gasteiger partial charge in [0.15, 0.2) is 12.3 Å². The van der Waals surface area contributed by atoms with E-state index in [0.717, 1.165) is 36.8 Å². The van der Waals surface area contributed by atoms with Gasteiger partial charge in [0.25, 0.3) is 11.5 Å². The molecule has 0 saturated carbocycles. The number of esters is 1. The van der Waals surface area contributed by atoms with Crippen LogP contribution in [0, 0.1) is 13.8 Å². The predicted octanol–water partition coefficient (Wildman–Crippen LogP) is 4.39. The lowest BCUT2D eigenvalue weighted by Crippen LogP contribution is -2.28. The SMILES string of the molecule is CCCCCCn1nc(C(=O)OCC(=O)Nc2ccc(C)cc2C)c2ccccc2c1=O. The van der Waals surface area contributed by atoms with Gasteiger partial charge in [-0.25, -0.2) is 9.48 Å². The molecule has 0 fully saturated rings. The van der Waals surface area contributed by atoms with Crippen LogP contribution < -0.4 is 10.9 Å². The maximum absolute atomic E-state index is 12.8. The lowest BCUT2D eigenvalue weighted by Gasteiger charge is -2.12. The third-order valence-corrected chi connectivity index (χ3v) is 5.27. The Bertz CT molecular complexity index is 1180. The fourth-order valence-electron chi connectivity index (χ4n) is 3.57. The maximum atomic E-state index is 12.8. The van der Waals surface area contributed by atoms with Gasteiger partial charge in [-0.3, -0.25) is 9.59 Å². The van der Waals surface area contributed by atoms with Crippen molar-refractivity contribution < 1.29 is 14.3 Å². The molecule has 2 aromatic carbocycles. The molecule has 1 amide bonds. The van der Waals surface area contributed by atoms with Crippen LogP contribution in [0.3, 0.4) is 0 Å². The van der Waals surface area contributed by atoms with Crippen LogP contribution in [0.5, 0.6) is 0 Å². The van der Waals surface area contributed by atoms with Crippen LogP contribution in [-0.2, 0) is 16.1 Å². The Kier molecular flexibility index (Phi) is 7.76. The van der Waals surface area contributed by atoms with Crippen molar-refractivity contribution in [2.75, 3.05) is 11.9 Å². The van der Waals surface area contributed by atoms with Crippen molar-refractivity contribution in [3.05, 3.63) is 69.6 Å². The molecule has 1 N–H and O–H groups in total. The first-order valence-corrected chi connectivity index (χ1v) is 10.9. The van der Waals surface area contributed by atoms with Gasteiger partial charge >= 0.3 is 5.97 Å². The number of carbonyl (C=O) groups excluding carboxylic acids is 2. The summed E-state index contributed by atoms with van der Waals surface area (Å²) in [6, 6.07) is 12.5. The molecule has 168 valence electrons. The standard InChI is InChI=1S/C25H29N3O4/c1-4-5-6-9-14-28-24(30)20-11-8-7-10-19(20)23(27-28)25(31)32-16-22(29)26-21-13-12-17(2)15-18(21)3/h7-8,10-13,15H,4-6,9,14,16H2,1-3H3,(H,26,29). The largest absolute Gasteiger partial charge is 0.451 e. The molecule has 0 saturated heterocycles. The van der Waals surface area contributed by atoms with E-state index >= 15 is 0 Å². The number of ether oxygens (including phenoxy) is 1. The number of hydrogen-bond donors (Lipinski definition) is 1. The zero-order valence-corrected chi connectivity index (χ0v) is 18.8. The van der Waals surface area contributed by atoms with Crippen LogP contribution in [0.2, 0.25) is 0 Å². The van der Waals surface area contributed by atoms with Gasteiger partial charge in [-0.05, 0) is 38.0 Å². The molecule has 0 unspecified atom stereocenters. The van der Waals surface area contributed by atoms with Crippen molar-refractivity contribution in [2.45, 2.75) is 53.0 Å². The Morgan fingerprint density at radius 3 is 2.50 bits per heavy atom. The molecule has 32 heavy (non-hydrogen) atoms. The first-order chi connectivity index (χ1) is 15.4. The molecule has 0 aliphatic heterocycles. The van der Waals surface area contributed by atoms with Crippen molar-refractivity contribution in [2.24, 2.45) is 0 Å². The van der Waals surface area contributed by atoms with Crippen molar-refractivity contribution in [1.29, 1.82) is 0 Å². The molecule has 0 spiro atoms. The number of carbonyl (C=O) groups is 2. The molecule has 7 heteroatoms. The number of amides is 1. The first kappa shape index (κ1) is 23.2. The summed E-state index contributed by atoms with van der Waals surface area (Å²) in [5.74, 6) is -1.18. The van der Waals surface area contributed by atoms with Crippen molar-refractivity contribution in [1.82, 2.24) is 9.78 Å². The zero-order valence-electron chi connectivity index (χ0n) is 18.8. The topological polar surface area (TPSA) is 90.3 Å². The van der Waals surface area contributed by atoms with E-state index in [9.17, 15) is 14.4 Å². The second-order valence-electron chi connectivity index (χ2n) is 7.93. The Labute approximate surface area is 187 Å². The number of nitrogens with zero attached hydrogens (tertiary/aromatic N) is 2. The van der Waals surface area contributed by atoms with E-state index in [4.69, 9.17) is 4.74 Å². The van der Waals surface area contributed by atoms with Crippen molar-refractivity contribution in [3.63, 3.8) is 0 Å². The van der Waals surface area contributed by atoms with Gasteiger partial charge in [-0.1, -0.05) is 62.1 Å². The molecule has 1 aromatic heterocycles. The Morgan fingerprint density at radius 1 is 1.03 bits per heavy atom. The quantitative estimate of drug-likeness (QED) is 0.398. The number of aryl methyl sites for hydroxylation is 3. The monoisotopic (exact) mass is 435 g/mol. The molecule has 0 aliphatic rings. The molecule has 3 aromatic rings. The molecular formula is C25H29N3O4. The van der Waals surface area contributed by atoms with Crippen LogP contribution in [0.15, 0.2) is 47.3 Å². The average molecular weight is 436 g/mol. The molecular weight excluding hydrogens is 406 g/mol. The minimum absolute atomic E-state index is 0.0370. The van der Waals surface area contributed by atoms with Crippen molar-refractivity contribution in [3.8, 4) is 0 Å². The van der Waals surface area contributed by atoms with E-state index in [1.807, 2.05) is 32.0 Å². The van der Waals surface area contributed by atoms with Gasteiger partial charge in [-0.2, -0.15) is 5.10 Å². The summed E-state index contributed by atoms with van der Waals surface area (Å²) < 4.78 is 6.57. The summed E-state index contributed by atoms with van der Waals surface area (Å²) in [6.07, 6.45) is 3.94. The van der Waals surface area contributed by atoms with Crippen LogP contribution >= 0.6 is 0 Å². The van der Waals surface area contributed by atoms with Crippen LogP contribution in [-0.4, -0.2) is 28.3 Å². The van der Waals surface area contributed by atoms with Crippen LogP contribution in [0.25, 0.3) is 10.8 Å². The minimum atomic E-state index is -0.737. The van der Waals surface area contributed by atoms with Gasteiger partial charge in [0, 0.05) is 17.6 Å². The van der Waals surface area contributed by atoms with E-state index in [-0.39, 0.29) is 11.3 Å². The van der Waals surface area contributed by atoms with Gasteiger partial charge in [-0.15, -0.1) is 0 Å². The summed E-state index contributed by atoms with van der Waals surface area (Å²) in [5.41, 5.74) is 2.49. The van der Waals surface area contributed by atoms with Gasteiger partial charge in [0.05, 0.1) is 5.39 Å². The van der Waals surface area contributed by atoms with Crippen LogP contribution in [0.4, 0.5) is 5.69 Å². The Morgan fingerprint density at radius 2 is 1.78 bits per heavy atom. The highest BCUT2D eigenvalue weighted by atomic mass is 16.5. The third-order valence-electron chi connectivity index (χ3n) is 5.27. The maximum Gasteiger partial charge on any atom is 0.359 e. The summed E-state index contributed by atoms with van der Waals surface area (Å²) in [4.78, 5) is 37.9. The molecule has 1 heterocycles. The number of aromatic nitrogens is 2. The summed E-state index contributed by atoms with van der Waals surface area (Å²) >= 11 is 0. The van der Waals surface area contributed by atoms with Crippen LogP contribution in [0.1, 0.15) is 54.2 Å². The van der Waals surface area contributed by atoms with E-state index in [1.54, 1.807) is 24.3 Å². The van der Waals surface area contributed by atoms with Gasteiger partial charge in [0.1, 0.15) is 0 Å². The fourth-order valence-corrected chi connectivity index (χ4v) is 3.57. The molecule has 3 rings (SSSR count). The van der Waals surface area contributed by atoms with Gasteiger partial charge < -0.3 is 10.1 Å². The minimum Gasteiger partial charge on any atom is -0.451 e. The number of unbranched alkanes of at least 4 members (excludes halogenated alkanes) is 3. The molecule has 7 nitrogen and oxygen atoms in total. The molecule has 0 radical (unpaired) electrons. The normalized spacial score (nSPS) is 10.8. The van der Waals surface area contributed by atoms with E-state index in [1.165, 1.54) is 4.68 Å². The first-order valence-electron chi connectivity index (χ1n) is 10.9. The van der Waals surface area contributed by atoms with E-state index in [2.05, 4.69) is 17.3 Å². The van der Waals surface area contributed by atoms with E-state index in [0.29, 0.717) is 23.0 Å². The highest BCUT2D eigenvalue weighted by Gasteiger charge is 2.19. The molecule has 0 atom stereocenters. The number of hydrogen-bond acceptors (Lipinski definition) is 5. The smallest absolute Gasteiger partial charge is 0.359 e. The lowest BCUT2D eigenvalue weighted by atomic mass is 10.1. The summed E-state index contributed by atoms with van der Waals surface area (Å²) in [7, 11) is 0. The number of anilines is 1. The van der Waals surface area contributed by atoms with Gasteiger partial charge in [0.2, 0.25) is 0 Å². The zero-order chi connectivity index (χ0) is 23.1. The highest BCUT2D eigenvalue weighted by molar-refractivity contribution is 6.03. The number of rotatable bonds is 9. The second kappa shape index (κ2) is 10.7. The molecule has 0 aliphatic carbocycles. The average Bonchev–Trinajstić information content (AvgIpc) is 2.78. The lowest BCUT2D eigenvalue weighted by molar-refractivity contribution is -0.119. The predicted molar refractivity (Wildman–Crippen MR) is 125 cm³/mol. The third kappa shape index (κ3) is 5.60. The number of benzene rings is 2. The number of nitrogens with one attached hydrogen (secondary N) is 1. The second-order valence-corrected chi connectivity index (χ2v) is 7.93. The summed E-state index contributed by atoms with van der Waals surface area (Å²) in [5, 5.41) is 7.86. The van der Waals surface area contributed by atoms with E-state index < -0.39 is 18.5 Å². The summed E-state index contributed by atoms with van der Waals surface area (Å²) in [6.45, 7) is 5.97. The van der Waals surface area contributed by atoms with Crippen molar-refractivity contribution >= 4 is 28.3 Å². The Balaban J connectivity index is 1.75. The Hall–Kier alpha value is -3.48. The molecule has 0 bridgehead atoms. The fraction of sp³-hybridized carbons (Fsp3) is 0.360.